The highest BCUT2D eigenvalue weighted by atomic mass is 19.1. The van der Waals surface area contributed by atoms with Crippen LogP contribution in [0.3, 0.4) is 0 Å². The zero-order chi connectivity index (χ0) is 20.9. The van der Waals surface area contributed by atoms with Crippen molar-refractivity contribution in [1.82, 2.24) is 0 Å². The second-order valence-corrected chi connectivity index (χ2v) is 8.29. The molecule has 0 heterocycles. The Balaban J connectivity index is 1.49. The van der Waals surface area contributed by atoms with Gasteiger partial charge >= 0.3 is 0 Å². The summed E-state index contributed by atoms with van der Waals surface area (Å²) in [5.41, 5.74) is 5.95. The van der Waals surface area contributed by atoms with Gasteiger partial charge in [0.2, 0.25) is 0 Å². The zero-order valence-corrected chi connectivity index (χ0v) is 17.6. The number of hydrogen-bond acceptors (Lipinski definition) is 1. The topological polar surface area (TPSA) is 9.23 Å². The van der Waals surface area contributed by atoms with Gasteiger partial charge in [0.1, 0.15) is 5.82 Å². The lowest BCUT2D eigenvalue weighted by Gasteiger charge is -2.27. The van der Waals surface area contributed by atoms with Crippen LogP contribution in [0.2, 0.25) is 0 Å². The van der Waals surface area contributed by atoms with Crippen molar-refractivity contribution in [2.24, 2.45) is 5.92 Å². The van der Waals surface area contributed by atoms with E-state index in [1.807, 2.05) is 36.4 Å². The standard InChI is InChI=1S/C28H29FO/c1-3-20-4-8-22(9-5-20)23-12-14-24(15-13-23)26-16-17-27(28(29)18-26)25-10-6-21(7-11-25)19-30-2/h3,6-7,10-18,20,22H,1,4-5,8-9,19H2,2H3. The minimum atomic E-state index is -0.196. The summed E-state index contributed by atoms with van der Waals surface area (Å²) >= 11 is 0. The monoisotopic (exact) mass is 400 g/mol. The van der Waals surface area contributed by atoms with Crippen molar-refractivity contribution in [2.75, 3.05) is 7.11 Å². The maximum Gasteiger partial charge on any atom is 0.131 e. The van der Waals surface area contributed by atoms with Gasteiger partial charge in [0.05, 0.1) is 6.61 Å². The Morgan fingerprint density at radius 1 is 0.867 bits per heavy atom. The van der Waals surface area contributed by atoms with Gasteiger partial charge in [-0.2, -0.15) is 0 Å². The van der Waals surface area contributed by atoms with Crippen LogP contribution in [0, 0.1) is 11.7 Å². The fourth-order valence-electron chi connectivity index (χ4n) is 4.51. The van der Waals surface area contributed by atoms with E-state index >= 15 is 0 Å². The van der Waals surface area contributed by atoms with E-state index < -0.39 is 0 Å². The first-order valence-electron chi connectivity index (χ1n) is 10.8. The molecule has 0 saturated heterocycles. The summed E-state index contributed by atoms with van der Waals surface area (Å²) in [7, 11) is 1.67. The molecule has 0 aliphatic heterocycles. The Morgan fingerprint density at radius 3 is 2.10 bits per heavy atom. The van der Waals surface area contributed by atoms with Gasteiger partial charge in [-0.15, -0.1) is 6.58 Å². The Bertz CT molecular complexity index is 980. The molecule has 30 heavy (non-hydrogen) atoms. The molecular formula is C28H29FO. The average molecular weight is 401 g/mol. The van der Waals surface area contributed by atoms with E-state index in [0.29, 0.717) is 24.0 Å². The van der Waals surface area contributed by atoms with Gasteiger partial charge in [0.15, 0.2) is 0 Å². The van der Waals surface area contributed by atoms with Crippen LogP contribution in [0.15, 0.2) is 79.4 Å². The Morgan fingerprint density at radius 2 is 1.50 bits per heavy atom. The summed E-state index contributed by atoms with van der Waals surface area (Å²) in [5.74, 6) is 1.12. The number of hydrogen-bond donors (Lipinski definition) is 0. The summed E-state index contributed by atoms with van der Waals surface area (Å²) in [6, 6.07) is 22.1. The molecular weight excluding hydrogens is 371 g/mol. The van der Waals surface area contributed by atoms with Crippen molar-refractivity contribution in [3.63, 3.8) is 0 Å². The molecule has 3 aromatic carbocycles. The van der Waals surface area contributed by atoms with Crippen molar-refractivity contribution in [1.29, 1.82) is 0 Å². The lowest BCUT2D eigenvalue weighted by atomic mass is 9.78. The zero-order valence-electron chi connectivity index (χ0n) is 17.6. The minimum absolute atomic E-state index is 0.196. The number of halogens is 1. The van der Waals surface area contributed by atoms with Crippen molar-refractivity contribution in [3.8, 4) is 22.3 Å². The van der Waals surface area contributed by atoms with Gasteiger partial charge in [0.25, 0.3) is 0 Å². The number of ether oxygens (including phenoxy) is 1. The van der Waals surface area contributed by atoms with Crippen molar-refractivity contribution >= 4 is 0 Å². The largest absolute Gasteiger partial charge is 0.380 e. The van der Waals surface area contributed by atoms with Gasteiger partial charge in [0, 0.05) is 12.7 Å². The summed E-state index contributed by atoms with van der Waals surface area (Å²) in [6.07, 6.45) is 7.01. The second-order valence-electron chi connectivity index (χ2n) is 8.29. The number of rotatable bonds is 6. The smallest absolute Gasteiger partial charge is 0.131 e. The fraction of sp³-hybridized carbons (Fsp3) is 0.286. The molecule has 0 amide bonds. The predicted molar refractivity (Wildman–Crippen MR) is 123 cm³/mol. The molecule has 0 radical (unpaired) electrons. The third-order valence-corrected chi connectivity index (χ3v) is 6.37. The van der Waals surface area contributed by atoms with Crippen molar-refractivity contribution in [2.45, 2.75) is 38.2 Å². The summed E-state index contributed by atoms with van der Waals surface area (Å²) < 4.78 is 20.0. The molecule has 4 rings (SSSR count). The average Bonchev–Trinajstić information content (AvgIpc) is 2.80. The van der Waals surface area contributed by atoms with E-state index in [9.17, 15) is 4.39 Å². The van der Waals surface area contributed by atoms with E-state index in [2.05, 4.69) is 36.9 Å². The number of benzene rings is 3. The van der Waals surface area contributed by atoms with Crippen LogP contribution in [0.5, 0.6) is 0 Å². The van der Waals surface area contributed by atoms with Gasteiger partial charge < -0.3 is 4.74 Å². The van der Waals surface area contributed by atoms with Crippen molar-refractivity contribution < 1.29 is 9.13 Å². The molecule has 0 aromatic heterocycles. The normalized spacial score (nSPS) is 18.9. The lowest BCUT2D eigenvalue weighted by Crippen LogP contribution is -2.11. The Hall–Kier alpha value is -2.71. The molecule has 0 spiro atoms. The molecule has 1 aliphatic carbocycles. The lowest BCUT2D eigenvalue weighted by molar-refractivity contribution is 0.185. The SMILES string of the molecule is C=CC1CCC(c2ccc(-c3ccc(-c4ccc(COC)cc4)c(F)c3)cc2)CC1. The van der Waals surface area contributed by atoms with E-state index in [0.717, 1.165) is 22.3 Å². The highest BCUT2D eigenvalue weighted by Gasteiger charge is 2.20. The molecule has 1 fully saturated rings. The third-order valence-electron chi connectivity index (χ3n) is 6.37. The summed E-state index contributed by atoms with van der Waals surface area (Å²) in [5, 5.41) is 0. The molecule has 1 aliphatic rings. The van der Waals surface area contributed by atoms with Crippen LogP contribution < -0.4 is 0 Å². The Kier molecular flexibility index (Phi) is 6.44. The van der Waals surface area contributed by atoms with Crippen LogP contribution in [0.1, 0.15) is 42.7 Å². The van der Waals surface area contributed by atoms with Crippen LogP contribution in [0.4, 0.5) is 4.39 Å². The first-order valence-corrected chi connectivity index (χ1v) is 10.8. The van der Waals surface area contributed by atoms with E-state index in [1.165, 1.54) is 31.2 Å². The minimum Gasteiger partial charge on any atom is -0.380 e. The van der Waals surface area contributed by atoms with Gasteiger partial charge in [-0.05, 0) is 71.4 Å². The molecule has 0 bridgehead atoms. The second kappa shape index (κ2) is 9.40. The molecule has 0 N–H and O–H groups in total. The van der Waals surface area contributed by atoms with Crippen LogP contribution in [0.25, 0.3) is 22.3 Å². The first-order chi connectivity index (χ1) is 14.7. The van der Waals surface area contributed by atoms with Gasteiger partial charge in [-0.3, -0.25) is 0 Å². The summed E-state index contributed by atoms with van der Waals surface area (Å²) in [6.45, 7) is 4.50. The van der Waals surface area contributed by atoms with E-state index in [-0.39, 0.29) is 5.82 Å². The number of allylic oxidation sites excluding steroid dienone is 1. The highest BCUT2D eigenvalue weighted by Crippen LogP contribution is 2.37. The summed E-state index contributed by atoms with van der Waals surface area (Å²) in [4.78, 5) is 0. The van der Waals surface area contributed by atoms with E-state index in [1.54, 1.807) is 13.2 Å². The number of methoxy groups -OCH3 is 1. The van der Waals surface area contributed by atoms with Crippen LogP contribution >= 0.6 is 0 Å². The molecule has 0 unspecified atom stereocenters. The van der Waals surface area contributed by atoms with E-state index in [4.69, 9.17) is 4.74 Å². The molecule has 2 heteroatoms. The molecule has 1 saturated carbocycles. The van der Waals surface area contributed by atoms with Crippen molar-refractivity contribution in [3.05, 3.63) is 96.3 Å². The van der Waals surface area contributed by atoms with Crippen LogP contribution in [-0.4, -0.2) is 7.11 Å². The maximum atomic E-state index is 14.9. The Labute approximate surface area is 179 Å². The van der Waals surface area contributed by atoms with Gasteiger partial charge in [-0.1, -0.05) is 66.7 Å². The predicted octanol–water partition coefficient (Wildman–Crippen LogP) is 7.77. The molecule has 1 nitrogen and oxygen atoms in total. The molecule has 0 atom stereocenters. The molecule has 154 valence electrons. The maximum absolute atomic E-state index is 14.9. The quantitative estimate of drug-likeness (QED) is 0.384. The molecule has 3 aromatic rings. The highest BCUT2D eigenvalue weighted by molar-refractivity contribution is 5.71. The van der Waals surface area contributed by atoms with Crippen LogP contribution in [-0.2, 0) is 11.3 Å². The third kappa shape index (κ3) is 4.55. The fourth-order valence-corrected chi connectivity index (χ4v) is 4.51. The first kappa shape index (κ1) is 20.6. The van der Waals surface area contributed by atoms with Gasteiger partial charge in [-0.25, -0.2) is 4.39 Å².